The van der Waals surface area contributed by atoms with Gasteiger partial charge in [0.1, 0.15) is 12.2 Å². The van der Waals surface area contributed by atoms with Crippen LogP contribution in [0.3, 0.4) is 0 Å². The summed E-state index contributed by atoms with van der Waals surface area (Å²) in [6, 6.07) is 7.71. The number of aliphatic hydroxyl groups is 1. The van der Waals surface area contributed by atoms with Crippen molar-refractivity contribution in [3.63, 3.8) is 0 Å². The summed E-state index contributed by atoms with van der Waals surface area (Å²) in [4.78, 5) is 4.25. The molecular weight excluding hydrogens is 306 g/mol. The molecule has 0 fully saturated rings. The summed E-state index contributed by atoms with van der Waals surface area (Å²) in [7, 11) is 0. The van der Waals surface area contributed by atoms with Gasteiger partial charge >= 0.3 is 0 Å². The number of hydrogen-bond donors (Lipinski definition) is 1. The third-order valence-electron chi connectivity index (χ3n) is 3.09. The number of aryl methyl sites for hydroxylation is 1. The average molecular weight is 324 g/mol. The first-order chi connectivity index (χ1) is 9.04. The van der Waals surface area contributed by atoms with E-state index in [0.717, 1.165) is 28.8 Å². The minimum Gasteiger partial charge on any atom is -0.385 e. The van der Waals surface area contributed by atoms with Crippen LogP contribution in [0.5, 0.6) is 0 Å². The number of rotatable bonds is 5. The number of benzene rings is 1. The molecule has 0 saturated carbocycles. The van der Waals surface area contributed by atoms with Crippen molar-refractivity contribution in [1.82, 2.24) is 14.8 Å². The van der Waals surface area contributed by atoms with E-state index < -0.39 is 5.60 Å². The Labute approximate surface area is 121 Å². The van der Waals surface area contributed by atoms with Gasteiger partial charge in [-0.3, -0.25) is 0 Å². The van der Waals surface area contributed by atoms with Crippen molar-refractivity contribution in [3.8, 4) is 0 Å². The fourth-order valence-corrected chi connectivity index (χ4v) is 2.84. The number of hydrogen-bond acceptors (Lipinski definition) is 3. The number of halogens is 1. The van der Waals surface area contributed by atoms with Gasteiger partial charge in [0.05, 0.1) is 5.60 Å². The van der Waals surface area contributed by atoms with Crippen LogP contribution >= 0.6 is 15.9 Å². The zero-order valence-electron chi connectivity index (χ0n) is 11.2. The first-order valence-corrected chi connectivity index (χ1v) is 7.18. The second-order valence-electron chi connectivity index (χ2n) is 4.83. The molecule has 0 radical (unpaired) electrons. The lowest BCUT2D eigenvalue weighted by atomic mass is 9.92. The van der Waals surface area contributed by atoms with Crippen molar-refractivity contribution in [3.05, 3.63) is 46.5 Å². The summed E-state index contributed by atoms with van der Waals surface area (Å²) >= 11 is 3.48. The first kappa shape index (κ1) is 14.2. The normalized spacial score (nSPS) is 14.3. The first-order valence-electron chi connectivity index (χ1n) is 6.38. The molecule has 0 amide bonds. The zero-order valence-corrected chi connectivity index (χ0v) is 12.8. The Morgan fingerprint density at radius 2 is 2.11 bits per heavy atom. The lowest BCUT2D eigenvalue weighted by molar-refractivity contribution is 0.0535. The molecule has 0 aliphatic rings. The Bertz CT molecular complexity index is 551. The summed E-state index contributed by atoms with van der Waals surface area (Å²) in [5, 5.41) is 14.9. The van der Waals surface area contributed by atoms with Gasteiger partial charge in [-0.05, 0) is 25.0 Å². The smallest absolute Gasteiger partial charge is 0.138 e. The van der Waals surface area contributed by atoms with Crippen LogP contribution in [0.25, 0.3) is 0 Å². The SMILES string of the molecule is CCCn1ncnc1CC(C)(O)c1ccccc1Br. The predicted molar refractivity (Wildman–Crippen MR) is 77.7 cm³/mol. The van der Waals surface area contributed by atoms with Crippen LogP contribution in [0.2, 0.25) is 0 Å². The fraction of sp³-hybridized carbons (Fsp3) is 0.429. The van der Waals surface area contributed by atoms with Crippen LogP contribution in [0.1, 0.15) is 31.7 Å². The van der Waals surface area contributed by atoms with Gasteiger partial charge in [0.15, 0.2) is 0 Å². The lowest BCUT2D eigenvalue weighted by Gasteiger charge is -2.24. The van der Waals surface area contributed by atoms with Gasteiger partial charge in [-0.25, -0.2) is 9.67 Å². The Balaban J connectivity index is 2.26. The molecule has 0 aliphatic heterocycles. The molecule has 1 aromatic heterocycles. The van der Waals surface area contributed by atoms with Crippen LogP contribution in [0.15, 0.2) is 35.1 Å². The summed E-state index contributed by atoms with van der Waals surface area (Å²) < 4.78 is 2.76. The van der Waals surface area contributed by atoms with E-state index in [1.54, 1.807) is 13.3 Å². The molecule has 0 aliphatic carbocycles. The van der Waals surface area contributed by atoms with Crippen LogP contribution in [-0.2, 0) is 18.6 Å². The second-order valence-corrected chi connectivity index (χ2v) is 5.68. The molecule has 1 aromatic carbocycles. The quantitative estimate of drug-likeness (QED) is 0.920. The Morgan fingerprint density at radius 3 is 2.79 bits per heavy atom. The minimum absolute atomic E-state index is 0.440. The lowest BCUT2D eigenvalue weighted by Crippen LogP contribution is -2.27. The summed E-state index contributed by atoms with van der Waals surface area (Å²) in [5.74, 6) is 0.808. The highest BCUT2D eigenvalue weighted by molar-refractivity contribution is 9.10. The maximum Gasteiger partial charge on any atom is 0.138 e. The monoisotopic (exact) mass is 323 g/mol. The highest BCUT2D eigenvalue weighted by Gasteiger charge is 2.27. The molecule has 1 atom stereocenters. The predicted octanol–water partition coefficient (Wildman–Crippen LogP) is 2.90. The van der Waals surface area contributed by atoms with E-state index in [-0.39, 0.29) is 0 Å². The van der Waals surface area contributed by atoms with E-state index >= 15 is 0 Å². The van der Waals surface area contributed by atoms with E-state index in [1.807, 2.05) is 28.9 Å². The molecule has 1 N–H and O–H groups in total. The van der Waals surface area contributed by atoms with Gasteiger partial charge in [-0.1, -0.05) is 41.1 Å². The van der Waals surface area contributed by atoms with E-state index in [9.17, 15) is 5.11 Å². The van der Waals surface area contributed by atoms with Crippen LogP contribution < -0.4 is 0 Å². The van der Waals surface area contributed by atoms with Crippen molar-refractivity contribution >= 4 is 15.9 Å². The van der Waals surface area contributed by atoms with Gasteiger partial charge in [0.25, 0.3) is 0 Å². The summed E-state index contributed by atoms with van der Waals surface area (Å²) in [6.45, 7) is 4.72. The minimum atomic E-state index is -0.974. The number of aromatic nitrogens is 3. The molecular formula is C14H18BrN3O. The van der Waals surface area contributed by atoms with Crippen LogP contribution in [0.4, 0.5) is 0 Å². The summed E-state index contributed by atoms with van der Waals surface area (Å²) in [6.07, 6.45) is 2.98. The molecule has 19 heavy (non-hydrogen) atoms. The van der Waals surface area contributed by atoms with Gasteiger partial charge < -0.3 is 5.11 Å². The number of nitrogens with zero attached hydrogens (tertiary/aromatic N) is 3. The standard InChI is InChI=1S/C14H18BrN3O/c1-3-8-18-13(16-10-17-18)9-14(2,19)11-6-4-5-7-12(11)15/h4-7,10,19H,3,8-9H2,1-2H3. The molecule has 0 saturated heterocycles. The van der Waals surface area contributed by atoms with Crippen LogP contribution in [-0.4, -0.2) is 19.9 Å². The van der Waals surface area contributed by atoms with Crippen molar-refractivity contribution in [2.75, 3.05) is 0 Å². The topological polar surface area (TPSA) is 50.9 Å². The molecule has 2 aromatic rings. The van der Waals surface area contributed by atoms with Crippen LogP contribution in [0, 0.1) is 0 Å². The van der Waals surface area contributed by atoms with Gasteiger partial charge in [-0.2, -0.15) is 5.10 Å². The molecule has 4 nitrogen and oxygen atoms in total. The van der Waals surface area contributed by atoms with E-state index in [0.29, 0.717) is 6.42 Å². The molecule has 1 heterocycles. The Morgan fingerprint density at radius 1 is 1.37 bits per heavy atom. The molecule has 1 unspecified atom stereocenters. The Kier molecular flexibility index (Phi) is 4.37. The average Bonchev–Trinajstić information content (AvgIpc) is 2.77. The largest absolute Gasteiger partial charge is 0.385 e. The fourth-order valence-electron chi connectivity index (χ4n) is 2.12. The van der Waals surface area contributed by atoms with Crippen molar-refractivity contribution in [2.45, 2.75) is 38.8 Å². The molecule has 2 rings (SSSR count). The van der Waals surface area contributed by atoms with E-state index in [2.05, 4.69) is 32.9 Å². The van der Waals surface area contributed by atoms with Crippen molar-refractivity contribution in [2.24, 2.45) is 0 Å². The third kappa shape index (κ3) is 3.22. The molecule has 0 bridgehead atoms. The second kappa shape index (κ2) is 5.84. The molecule has 5 heteroatoms. The third-order valence-corrected chi connectivity index (χ3v) is 3.78. The van der Waals surface area contributed by atoms with Crippen molar-refractivity contribution < 1.29 is 5.11 Å². The summed E-state index contributed by atoms with van der Waals surface area (Å²) in [5.41, 5.74) is -0.112. The van der Waals surface area contributed by atoms with Crippen molar-refractivity contribution in [1.29, 1.82) is 0 Å². The van der Waals surface area contributed by atoms with Gasteiger partial charge in [0, 0.05) is 17.4 Å². The Hall–Kier alpha value is -1.20. The van der Waals surface area contributed by atoms with Gasteiger partial charge in [0.2, 0.25) is 0 Å². The zero-order chi connectivity index (χ0) is 13.9. The van der Waals surface area contributed by atoms with Gasteiger partial charge in [-0.15, -0.1) is 0 Å². The maximum absolute atomic E-state index is 10.7. The highest BCUT2D eigenvalue weighted by atomic mass is 79.9. The maximum atomic E-state index is 10.7. The molecule has 102 valence electrons. The van der Waals surface area contributed by atoms with E-state index in [4.69, 9.17) is 0 Å². The molecule has 0 spiro atoms. The van der Waals surface area contributed by atoms with E-state index in [1.165, 1.54) is 0 Å². The highest BCUT2D eigenvalue weighted by Crippen LogP contribution is 2.30.